The number of hydrogen-bond donors (Lipinski definition) is 1. The minimum Gasteiger partial charge on any atom is -0.327 e. The highest BCUT2D eigenvalue weighted by atomic mass is 35.5. The predicted molar refractivity (Wildman–Crippen MR) is 78.8 cm³/mol. The van der Waals surface area contributed by atoms with Gasteiger partial charge in [-0.3, -0.25) is 0 Å². The molecule has 0 heterocycles. The number of nitrogens with two attached hydrogens (primary N) is 1. The van der Waals surface area contributed by atoms with Crippen LogP contribution in [0, 0.1) is 5.92 Å². The quantitative estimate of drug-likeness (QED) is 0.735. The van der Waals surface area contributed by atoms with Gasteiger partial charge in [0.25, 0.3) is 0 Å². The molecule has 1 nitrogen and oxygen atoms in total. The lowest BCUT2D eigenvalue weighted by atomic mass is 9.99. The van der Waals surface area contributed by atoms with Crippen molar-refractivity contribution in [2.75, 3.05) is 5.75 Å². The highest BCUT2D eigenvalue weighted by Gasteiger charge is 2.09. The summed E-state index contributed by atoms with van der Waals surface area (Å²) in [7, 11) is 0. The topological polar surface area (TPSA) is 26.0 Å². The Morgan fingerprint density at radius 3 is 2.53 bits per heavy atom. The molecule has 0 spiro atoms. The van der Waals surface area contributed by atoms with E-state index in [0.29, 0.717) is 0 Å². The summed E-state index contributed by atoms with van der Waals surface area (Å²) in [4.78, 5) is 1.24. The largest absolute Gasteiger partial charge is 0.327 e. The fourth-order valence-electron chi connectivity index (χ4n) is 1.93. The Morgan fingerprint density at radius 1 is 1.29 bits per heavy atom. The van der Waals surface area contributed by atoms with Gasteiger partial charge in [-0.15, -0.1) is 11.8 Å². The molecule has 1 aromatic carbocycles. The van der Waals surface area contributed by atoms with Crippen LogP contribution in [0.1, 0.15) is 33.1 Å². The van der Waals surface area contributed by atoms with E-state index in [2.05, 4.69) is 26.0 Å². The zero-order valence-corrected chi connectivity index (χ0v) is 12.2. The number of hydrogen-bond acceptors (Lipinski definition) is 2. The third kappa shape index (κ3) is 6.35. The molecule has 0 saturated heterocycles. The molecule has 17 heavy (non-hydrogen) atoms. The molecule has 96 valence electrons. The minimum absolute atomic E-state index is 0.289. The van der Waals surface area contributed by atoms with Crippen molar-refractivity contribution in [3.8, 4) is 0 Å². The molecule has 0 aliphatic carbocycles. The molecule has 0 aliphatic rings. The summed E-state index contributed by atoms with van der Waals surface area (Å²) in [5.74, 6) is 1.72. The summed E-state index contributed by atoms with van der Waals surface area (Å²) in [6.45, 7) is 4.51. The Bertz CT molecular complexity index is 313. The number of rotatable bonds is 7. The third-order valence-corrected chi connectivity index (χ3v) is 4.22. The molecule has 2 unspecified atom stereocenters. The zero-order chi connectivity index (χ0) is 12.7. The van der Waals surface area contributed by atoms with E-state index in [1.807, 2.05) is 23.9 Å². The Labute approximate surface area is 114 Å². The van der Waals surface area contributed by atoms with Crippen LogP contribution in [-0.2, 0) is 0 Å². The Balaban J connectivity index is 2.27. The number of halogens is 1. The number of thioether (sulfide) groups is 1. The molecule has 0 saturated carbocycles. The maximum absolute atomic E-state index is 6.14. The fourth-order valence-corrected chi connectivity index (χ4v) is 2.93. The SMILES string of the molecule is CCCC(C)CC(N)CSc1ccc(Cl)cc1. The van der Waals surface area contributed by atoms with E-state index in [9.17, 15) is 0 Å². The van der Waals surface area contributed by atoms with Crippen molar-refractivity contribution < 1.29 is 0 Å². The molecule has 0 aromatic heterocycles. The summed E-state index contributed by atoms with van der Waals surface area (Å²) in [6, 6.07) is 8.24. The van der Waals surface area contributed by atoms with Gasteiger partial charge in [-0.1, -0.05) is 38.3 Å². The Hall–Kier alpha value is -0.180. The second-order valence-corrected chi connectivity index (χ2v) is 6.18. The highest BCUT2D eigenvalue weighted by molar-refractivity contribution is 7.99. The van der Waals surface area contributed by atoms with Crippen LogP contribution in [0.25, 0.3) is 0 Å². The highest BCUT2D eigenvalue weighted by Crippen LogP contribution is 2.22. The van der Waals surface area contributed by atoms with Crippen LogP contribution in [0.15, 0.2) is 29.2 Å². The van der Waals surface area contributed by atoms with Crippen molar-refractivity contribution in [1.82, 2.24) is 0 Å². The monoisotopic (exact) mass is 271 g/mol. The molecule has 2 N–H and O–H groups in total. The molecular weight excluding hydrogens is 250 g/mol. The summed E-state index contributed by atoms with van der Waals surface area (Å²) in [5.41, 5.74) is 6.14. The summed E-state index contributed by atoms with van der Waals surface area (Å²) in [6.07, 6.45) is 3.64. The lowest BCUT2D eigenvalue weighted by molar-refractivity contribution is 0.450. The summed E-state index contributed by atoms with van der Waals surface area (Å²) in [5, 5.41) is 0.787. The number of benzene rings is 1. The third-order valence-electron chi connectivity index (χ3n) is 2.76. The van der Waals surface area contributed by atoms with E-state index < -0.39 is 0 Å². The standard InChI is InChI=1S/C14H22ClNS/c1-3-4-11(2)9-13(16)10-17-14-7-5-12(15)6-8-14/h5-8,11,13H,3-4,9-10,16H2,1-2H3. The minimum atomic E-state index is 0.289. The molecule has 1 aromatic rings. The van der Waals surface area contributed by atoms with Gasteiger partial charge in [-0.2, -0.15) is 0 Å². The van der Waals surface area contributed by atoms with Gasteiger partial charge >= 0.3 is 0 Å². The smallest absolute Gasteiger partial charge is 0.0406 e. The van der Waals surface area contributed by atoms with Gasteiger partial charge in [0.15, 0.2) is 0 Å². The summed E-state index contributed by atoms with van der Waals surface area (Å²) >= 11 is 7.66. The van der Waals surface area contributed by atoms with E-state index in [0.717, 1.165) is 23.1 Å². The van der Waals surface area contributed by atoms with Crippen molar-refractivity contribution in [1.29, 1.82) is 0 Å². The van der Waals surface area contributed by atoms with Crippen molar-refractivity contribution in [3.63, 3.8) is 0 Å². The van der Waals surface area contributed by atoms with Gasteiger partial charge in [-0.25, -0.2) is 0 Å². The van der Waals surface area contributed by atoms with E-state index in [1.165, 1.54) is 17.7 Å². The maximum atomic E-state index is 6.14. The van der Waals surface area contributed by atoms with Crippen LogP contribution in [0.5, 0.6) is 0 Å². The molecule has 1 rings (SSSR count). The van der Waals surface area contributed by atoms with Crippen LogP contribution in [0.2, 0.25) is 5.02 Å². The predicted octanol–water partition coefficient (Wildman–Crippen LogP) is 4.59. The molecule has 0 fully saturated rings. The fraction of sp³-hybridized carbons (Fsp3) is 0.571. The molecule has 0 radical (unpaired) electrons. The first-order valence-electron chi connectivity index (χ1n) is 6.25. The first kappa shape index (κ1) is 14.9. The second kappa shape index (κ2) is 8.02. The van der Waals surface area contributed by atoms with Crippen LogP contribution in [-0.4, -0.2) is 11.8 Å². The van der Waals surface area contributed by atoms with Gasteiger partial charge in [0.2, 0.25) is 0 Å². The average Bonchev–Trinajstić information content (AvgIpc) is 2.28. The van der Waals surface area contributed by atoms with Gasteiger partial charge in [0, 0.05) is 21.7 Å². The average molecular weight is 272 g/mol. The normalized spacial score (nSPS) is 14.6. The van der Waals surface area contributed by atoms with E-state index in [4.69, 9.17) is 17.3 Å². The molecule has 3 heteroatoms. The van der Waals surface area contributed by atoms with Crippen molar-refractivity contribution in [3.05, 3.63) is 29.3 Å². The van der Waals surface area contributed by atoms with Crippen molar-refractivity contribution >= 4 is 23.4 Å². The first-order chi connectivity index (χ1) is 8.11. The van der Waals surface area contributed by atoms with Crippen molar-refractivity contribution in [2.24, 2.45) is 11.7 Å². The van der Waals surface area contributed by atoms with E-state index >= 15 is 0 Å². The van der Waals surface area contributed by atoms with Crippen LogP contribution >= 0.6 is 23.4 Å². The maximum Gasteiger partial charge on any atom is 0.0406 e. The summed E-state index contributed by atoms with van der Waals surface area (Å²) < 4.78 is 0. The Kier molecular flexibility index (Phi) is 7.02. The van der Waals surface area contributed by atoms with E-state index in [-0.39, 0.29) is 6.04 Å². The molecular formula is C14H22ClNS. The first-order valence-corrected chi connectivity index (χ1v) is 7.62. The van der Waals surface area contributed by atoms with Gasteiger partial charge in [0.05, 0.1) is 0 Å². The molecule has 2 atom stereocenters. The lowest BCUT2D eigenvalue weighted by Gasteiger charge is -2.16. The zero-order valence-electron chi connectivity index (χ0n) is 10.7. The molecule has 0 amide bonds. The van der Waals surface area contributed by atoms with Crippen molar-refractivity contribution in [2.45, 2.75) is 44.0 Å². The molecule has 0 bridgehead atoms. The van der Waals surface area contributed by atoms with Crippen LogP contribution in [0.4, 0.5) is 0 Å². The van der Waals surface area contributed by atoms with E-state index in [1.54, 1.807) is 0 Å². The van der Waals surface area contributed by atoms with Crippen LogP contribution in [0.3, 0.4) is 0 Å². The van der Waals surface area contributed by atoms with Gasteiger partial charge in [0.1, 0.15) is 0 Å². The Morgan fingerprint density at radius 2 is 1.94 bits per heavy atom. The molecule has 0 aliphatic heterocycles. The second-order valence-electron chi connectivity index (χ2n) is 4.65. The van der Waals surface area contributed by atoms with Gasteiger partial charge in [-0.05, 0) is 36.6 Å². The lowest BCUT2D eigenvalue weighted by Crippen LogP contribution is -2.25. The van der Waals surface area contributed by atoms with Crippen LogP contribution < -0.4 is 5.73 Å². The van der Waals surface area contributed by atoms with Gasteiger partial charge < -0.3 is 5.73 Å².